The van der Waals surface area contributed by atoms with Gasteiger partial charge in [0.15, 0.2) is 6.04 Å². The molecule has 1 unspecified atom stereocenters. The number of aliphatic imine (C=N–C) groups is 1. The number of aromatic nitrogens is 1. The third-order valence-electron chi connectivity index (χ3n) is 9.20. The van der Waals surface area contributed by atoms with Crippen molar-refractivity contribution in [3.05, 3.63) is 52.5 Å². The molecule has 2 N–H and O–H groups in total. The van der Waals surface area contributed by atoms with E-state index in [1.807, 2.05) is 32.9 Å². The second-order valence-corrected chi connectivity index (χ2v) is 16.2. The normalized spacial score (nSPS) is 14.4. The minimum absolute atomic E-state index is 0.0625. The maximum Gasteiger partial charge on any atom is 0.329 e. The van der Waals surface area contributed by atoms with Gasteiger partial charge in [-0.05, 0) is 43.5 Å². The summed E-state index contributed by atoms with van der Waals surface area (Å²) in [5.41, 5.74) is 1.77. The lowest BCUT2D eigenvalue weighted by Crippen LogP contribution is -2.27. The number of ether oxygens (including phenoxy) is 2. The number of benzene rings is 2. The summed E-state index contributed by atoms with van der Waals surface area (Å²) in [5, 5.41) is 19.2. The number of unbranched alkanes of at least 4 members (excludes halogenated alkanes) is 12. The van der Waals surface area contributed by atoms with Crippen LogP contribution in [0.4, 0.5) is 0 Å². The first-order valence-corrected chi connectivity index (χ1v) is 20.3. The second-order valence-electron chi connectivity index (χ2n) is 14.2. The minimum Gasteiger partial charge on any atom is -0.481 e. The van der Waals surface area contributed by atoms with Crippen molar-refractivity contribution in [3.63, 3.8) is 0 Å². The Kier molecular flexibility index (Phi) is 16.1. The Balaban J connectivity index is 1.18. The van der Waals surface area contributed by atoms with Crippen molar-refractivity contribution in [1.82, 2.24) is 4.98 Å². The second kappa shape index (κ2) is 20.5. The first kappa shape index (κ1) is 41.0. The van der Waals surface area contributed by atoms with Crippen molar-refractivity contribution in [2.75, 3.05) is 5.75 Å². The Morgan fingerprint density at radius 3 is 2.02 bits per heavy atom. The van der Waals surface area contributed by atoms with E-state index in [4.69, 9.17) is 14.6 Å². The summed E-state index contributed by atoms with van der Waals surface area (Å²) in [6.45, 7) is 5.84. The number of thiazole rings is 1. The SMILES string of the molecule is Cc1cccc(OC(=O)CCCCCCCCCCCCCCCC(=O)O)c1C(C)(C)CC(=O)Oc1ccc2nc(C3=NC(C(=O)O)CS3)sc2c1. The molecule has 0 saturated heterocycles. The van der Waals surface area contributed by atoms with Crippen molar-refractivity contribution in [3.8, 4) is 11.5 Å². The molecule has 2 aromatic carbocycles. The molecule has 0 aliphatic carbocycles. The first-order valence-electron chi connectivity index (χ1n) is 18.5. The molecule has 4 rings (SSSR count). The molecule has 0 fully saturated rings. The van der Waals surface area contributed by atoms with Crippen LogP contribution in [-0.4, -0.2) is 55.9 Å². The van der Waals surface area contributed by atoms with Gasteiger partial charge in [0, 0.05) is 35.6 Å². The van der Waals surface area contributed by atoms with E-state index in [1.165, 1.54) is 68.0 Å². The molecule has 0 spiro atoms. The van der Waals surface area contributed by atoms with Gasteiger partial charge in [-0.1, -0.05) is 96.6 Å². The Hall–Kier alpha value is -3.77. The highest BCUT2D eigenvalue weighted by atomic mass is 32.2. The molecule has 52 heavy (non-hydrogen) atoms. The number of aliphatic carboxylic acids is 2. The van der Waals surface area contributed by atoms with Crippen molar-refractivity contribution >= 4 is 62.2 Å². The van der Waals surface area contributed by atoms with E-state index in [2.05, 4.69) is 9.98 Å². The highest BCUT2D eigenvalue weighted by Crippen LogP contribution is 2.38. The van der Waals surface area contributed by atoms with Crippen LogP contribution in [0.3, 0.4) is 0 Å². The predicted molar refractivity (Wildman–Crippen MR) is 207 cm³/mol. The average molecular weight is 753 g/mol. The molecule has 1 aliphatic rings. The van der Waals surface area contributed by atoms with Gasteiger partial charge >= 0.3 is 23.9 Å². The maximum absolute atomic E-state index is 13.2. The van der Waals surface area contributed by atoms with E-state index in [1.54, 1.807) is 24.3 Å². The van der Waals surface area contributed by atoms with Crippen molar-refractivity contribution < 1.29 is 38.9 Å². The summed E-state index contributed by atoms with van der Waals surface area (Å²) in [7, 11) is 0. The monoisotopic (exact) mass is 752 g/mol. The van der Waals surface area contributed by atoms with Gasteiger partial charge in [0.25, 0.3) is 0 Å². The number of fused-ring (bicyclic) bond motifs is 1. The van der Waals surface area contributed by atoms with Crippen LogP contribution in [0.15, 0.2) is 41.4 Å². The fourth-order valence-corrected chi connectivity index (χ4v) is 8.64. The molecule has 1 aliphatic heterocycles. The third-order valence-corrected chi connectivity index (χ3v) is 11.4. The van der Waals surface area contributed by atoms with E-state index in [0.29, 0.717) is 33.7 Å². The molecule has 10 nitrogen and oxygen atoms in total. The molecule has 0 amide bonds. The summed E-state index contributed by atoms with van der Waals surface area (Å²) >= 11 is 2.75. The van der Waals surface area contributed by atoms with Crippen LogP contribution in [0, 0.1) is 6.92 Å². The lowest BCUT2D eigenvalue weighted by atomic mass is 9.78. The van der Waals surface area contributed by atoms with Crippen LogP contribution < -0.4 is 9.47 Å². The minimum atomic E-state index is -0.951. The van der Waals surface area contributed by atoms with Gasteiger partial charge in [-0.3, -0.25) is 19.4 Å². The van der Waals surface area contributed by atoms with Crippen LogP contribution in [-0.2, 0) is 24.6 Å². The zero-order valence-electron chi connectivity index (χ0n) is 30.6. The van der Waals surface area contributed by atoms with E-state index in [0.717, 1.165) is 59.9 Å². The van der Waals surface area contributed by atoms with Crippen LogP contribution in [0.2, 0.25) is 0 Å². The molecule has 0 bridgehead atoms. The molecule has 1 atom stereocenters. The number of carbonyl (C=O) groups is 4. The smallest absolute Gasteiger partial charge is 0.329 e. The largest absolute Gasteiger partial charge is 0.481 e. The Morgan fingerprint density at radius 2 is 1.42 bits per heavy atom. The Morgan fingerprint density at radius 1 is 0.808 bits per heavy atom. The molecule has 3 aromatic rings. The molecule has 0 radical (unpaired) electrons. The molecule has 2 heterocycles. The fourth-order valence-electron chi connectivity index (χ4n) is 6.55. The van der Waals surface area contributed by atoms with Crippen molar-refractivity contribution in [1.29, 1.82) is 0 Å². The van der Waals surface area contributed by atoms with Gasteiger partial charge in [-0.2, -0.15) is 0 Å². The number of aryl methyl sites for hydroxylation is 1. The Bertz CT molecular complexity index is 1720. The quantitative estimate of drug-likeness (QED) is 0.0544. The number of esters is 2. The number of nitrogens with zero attached hydrogens (tertiary/aromatic N) is 2. The molecule has 1 aromatic heterocycles. The molecule has 0 saturated carbocycles. The molecule has 282 valence electrons. The van der Waals surface area contributed by atoms with E-state index in [9.17, 15) is 24.3 Å². The maximum atomic E-state index is 13.2. The summed E-state index contributed by atoms with van der Waals surface area (Å²) in [6, 6.07) is 10.1. The number of rotatable bonds is 23. The summed E-state index contributed by atoms with van der Waals surface area (Å²) in [6.07, 6.45) is 15.0. The van der Waals surface area contributed by atoms with Crippen LogP contribution in [0.25, 0.3) is 10.2 Å². The summed E-state index contributed by atoms with van der Waals surface area (Å²) in [5.74, 6) is -1.10. The van der Waals surface area contributed by atoms with Crippen LogP contribution in [0.1, 0.15) is 133 Å². The van der Waals surface area contributed by atoms with E-state index >= 15 is 0 Å². The summed E-state index contributed by atoms with van der Waals surface area (Å²) in [4.78, 5) is 56.8. The topological polar surface area (TPSA) is 152 Å². The number of thioether (sulfide) groups is 1. The summed E-state index contributed by atoms with van der Waals surface area (Å²) < 4.78 is 12.5. The molecular weight excluding hydrogens is 701 g/mol. The van der Waals surface area contributed by atoms with Crippen LogP contribution >= 0.6 is 23.1 Å². The number of carbonyl (C=O) groups excluding carboxylic acids is 2. The lowest BCUT2D eigenvalue weighted by molar-refractivity contribution is -0.138. The zero-order chi connectivity index (χ0) is 37.5. The number of hydrogen-bond donors (Lipinski definition) is 2. The van der Waals surface area contributed by atoms with Gasteiger partial charge in [0.2, 0.25) is 0 Å². The fraction of sp³-hybridized carbons (Fsp3) is 0.550. The van der Waals surface area contributed by atoms with Gasteiger partial charge in [-0.15, -0.1) is 23.1 Å². The van der Waals surface area contributed by atoms with E-state index in [-0.39, 0.29) is 18.8 Å². The predicted octanol–water partition coefficient (Wildman–Crippen LogP) is 9.67. The highest BCUT2D eigenvalue weighted by molar-refractivity contribution is 8.15. The number of carboxylic acid groups (broad SMARTS) is 2. The van der Waals surface area contributed by atoms with Crippen molar-refractivity contribution in [2.24, 2.45) is 4.99 Å². The highest BCUT2D eigenvalue weighted by Gasteiger charge is 2.31. The van der Waals surface area contributed by atoms with Gasteiger partial charge in [0.1, 0.15) is 21.6 Å². The van der Waals surface area contributed by atoms with Gasteiger partial charge in [0.05, 0.1) is 16.6 Å². The Labute approximate surface area is 314 Å². The van der Waals surface area contributed by atoms with Crippen molar-refractivity contribution in [2.45, 2.75) is 135 Å². The first-order chi connectivity index (χ1) is 24.9. The van der Waals surface area contributed by atoms with Crippen LogP contribution in [0.5, 0.6) is 11.5 Å². The molecular formula is C40H52N2O8S2. The zero-order valence-corrected chi connectivity index (χ0v) is 32.3. The van der Waals surface area contributed by atoms with E-state index < -0.39 is 29.4 Å². The number of carboxylic acids is 2. The van der Waals surface area contributed by atoms with Gasteiger partial charge in [-0.25, -0.2) is 9.78 Å². The standard InChI is InChI=1S/C40H52N2O8S2/c1-27-18-17-19-31(50-34(45)21-16-14-12-10-8-6-4-5-7-9-11-13-15-20-33(43)44)36(27)40(2,3)25-35(46)49-28-22-23-29-32(24-28)52-38(41-29)37-42-30(26-51-37)39(47)48/h17-19,22-24,30H,4-16,20-21,25-26H2,1-3H3,(H,43,44)(H,47,48). The average Bonchev–Trinajstić information content (AvgIpc) is 3.74. The van der Waals surface area contributed by atoms with Gasteiger partial charge < -0.3 is 19.7 Å². The number of hydrogen-bond acceptors (Lipinski definition) is 10. The molecule has 12 heteroatoms. The lowest BCUT2D eigenvalue weighted by Gasteiger charge is -2.28. The third kappa shape index (κ3) is 13.0.